The van der Waals surface area contributed by atoms with E-state index in [-0.39, 0.29) is 30.4 Å². The SMILES string of the molecule is Cc1nn(C)cc1C(=O)N1CC[C@@H]2OCC(=O)N(c3ccccc3)C[C@H]2C1. The molecule has 2 amide bonds. The maximum absolute atomic E-state index is 13.0. The molecule has 3 heterocycles. The molecule has 2 saturated heterocycles. The smallest absolute Gasteiger partial charge is 0.257 e. The third-order valence-corrected chi connectivity index (χ3v) is 5.40. The highest BCUT2D eigenvalue weighted by Crippen LogP contribution is 2.28. The van der Waals surface area contributed by atoms with Crippen molar-refractivity contribution in [3.63, 3.8) is 0 Å². The van der Waals surface area contributed by atoms with Gasteiger partial charge in [0, 0.05) is 44.5 Å². The molecule has 2 fully saturated rings. The number of aryl methyl sites for hydroxylation is 2. The van der Waals surface area contributed by atoms with Gasteiger partial charge >= 0.3 is 0 Å². The molecule has 2 aliphatic heterocycles. The Morgan fingerprint density at radius 3 is 2.70 bits per heavy atom. The summed E-state index contributed by atoms with van der Waals surface area (Å²) in [5, 5.41) is 4.28. The molecule has 7 heteroatoms. The lowest BCUT2D eigenvalue weighted by Gasteiger charge is -2.38. The predicted octanol–water partition coefficient (Wildman–Crippen LogP) is 1.62. The number of aromatic nitrogens is 2. The van der Waals surface area contributed by atoms with Gasteiger partial charge in [-0.1, -0.05) is 18.2 Å². The minimum atomic E-state index is -0.0309. The molecule has 27 heavy (non-hydrogen) atoms. The van der Waals surface area contributed by atoms with Crippen molar-refractivity contribution < 1.29 is 14.3 Å². The van der Waals surface area contributed by atoms with Crippen LogP contribution in [0.5, 0.6) is 0 Å². The Labute approximate surface area is 158 Å². The van der Waals surface area contributed by atoms with Crippen LogP contribution in [0.4, 0.5) is 5.69 Å². The number of anilines is 1. The zero-order chi connectivity index (χ0) is 19.0. The quantitative estimate of drug-likeness (QED) is 0.808. The van der Waals surface area contributed by atoms with Crippen molar-refractivity contribution in [2.45, 2.75) is 19.4 Å². The number of hydrogen-bond donors (Lipinski definition) is 0. The monoisotopic (exact) mass is 368 g/mol. The van der Waals surface area contributed by atoms with E-state index in [1.807, 2.05) is 49.2 Å². The normalized spacial score (nSPS) is 23.1. The van der Waals surface area contributed by atoms with Crippen molar-refractivity contribution in [2.24, 2.45) is 13.0 Å². The number of ether oxygens (including phenoxy) is 1. The Kier molecular flexibility index (Phi) is 4.70. The van der Waals surface area contributed by atoms with Gasteiger partial charge in [-0.3, -0.25) is 14.3 Å². The van der Waals surface area contributed by atoms with Crippen molar-refractivity contribution in [1.82, 2.24) is 14.7 Å². The van der Waals surface area contributed by atoms with E-state index in [1.165, 1.54) is 0 Å². The number of nitrogens with zero attached hydrogens (tertiary/aromatic N) is 4. The van der Waals surface area contributed by atoms with Crippen LogP contribution in [0.3, 0.4) is 0 Å². The molecule has 0 bridgehead atoms. The summed E-state index contributed by atoms with van der Waals surface area (Å²) in [6.07, 6.45) is 2.51. The molecular formula is C20H24N4O3. The summed E-state index contributed by atoms with van der Waals surface area (Å²) in [4.78, 5) is 29.2. The van der Waals surface area contributed by atoms with Crippen molar-refractivity contribution >= 4 is 17.5 Å². The number of carbonyl (C=O) groups excluding carboxylic acids is 2. The van der Waals surface area contributed by atoms with Gasteiger partial charge in [0.1, 0.15) is 6.61 Å². The molecule has 142 valence electrons. The summed E-state index contributed by atoms with van der Waals surface area (Å²) < 4.78 is 7.55. The first-order valence-electron chi connectivity index (χ1n) is 9.29. The molecule has 2 atom stereocenters. The molecule has 1 aromatic carbocycles. The van der Waals surface area contributed by atoms with Crippen molar-refractivity contribution in [2.75, 3.05) is 31.1 Å². The third-order valence-electron chi connectivity index (χ3n) is 5.40. The van der Waals surface area contributed by atoms with Crippen LogP contribution in [0.1, 0.15) is 22.5 Å². The topological polar surface area (TPSA) is 67.7 Å². The Balaban J connectivity index is 1.53. The maximum atomic E-state index is 13.0. The maximum Gasteiger partial charge on any atom is 0.257 e. The van der Waals surface area contributed by atoms with Crippen LogP contribution in [0.2, 0.25) is 0 Å². The van der Waals surface area contributed by atoms with Gasteiger partial charge in [-0.05, 0) is 25.5 Å². The second kappa shape index (κ2) is 7.15. The van der Waals surface area contributed by atoms with Gasteiger partial charge in [0.25, 0.3) is 11.8 Å². The van der Waals surface area contributed by atoms with Crippen LogP contribution in [-0.4, -0.2) is 58.8 Å². The molecule has 0 unspecified atom stereocenters. The number of para-hydroxylation sites is 1. The molecule has 2 aromatic rings. The molecule has 7 nitrogen and oxygen atoms in total. The number of benzene rings is 1. The Morgan fingerprint density at radius 2 is 2.00 bits per heavy atom. The van der Waals surface area contributed by atoms with Crippen LogP contribution in [-0.2, 0) is 16.6 Å². The molecular weight excluding hydrogens is 344 g/mol. The van der Waals surface area contributed by atoms with E-state index >= 15 is 0 Å². The minimum Gasteiger partial charge on any atom is -0.368 e. The van der Waals surface area contributed by atoms with E-state index in [9.17, 15) is 9.59 Å². The first-order chi connectivity index (χ1) is 13.0. The summed E-state index contributed by atoms with van der Waals surface area (Å²) in [5.41, 5.74) is 2.25. The number of likely N-dealkylation sites (tertiary alicyclic amines) is 1. The van der Waals surface area contributed by atoms with E-state index in [1.54, 1.807) is 15.8 Å². The average Bonchev–Trinajstić information content (AvgIpc) is 2.92. The molecule has 2 aliphatic rings. The molecule has 0 saturated carbocycles. The van der Waals surface area contributed by atoms with Gasteiger partial charge in [0.05, 0.1) is 17.4 Å². The van der Waals surface area contributed by atoms with Crippen LogP contribution in [0.15, 0.2) is 36.5 Å². The van der Waals surface area contributed by atoms with Gasteiger partial charge in [-0.2, -0.15) is 5.10 Å². The number of piperidine rings is 1. The van der Waals surface area contributed by atoms with Crippen molar-refractivity contribution in [1.29, 1.82) is 0 Å². The summed E-state index contributed by atoms with van der Waals surface area (Å²) >= 11 is 0. The molecule has 0 N–H and O–H groups in total. The number of fused-ring (bicyclic) bond motifs is 1. The van der Waals surface area contributed by atoms with E-state index in [2.05, 4.69) is 5.10 Å². The summed E-state index contributed by atoms with van der Waals surface area (Å²) in [5.74, 6) is 0.0591. The third kappa shape index (κ3) is 3.47. The van der Waals surface area contributed by atoms with E-state index in [0.717, 1.165) is 17.8 Å². The van der Waals surface area contributed by atoms with Gasteiger partial charge in [0.15, 0.2) is 0 Å². The number of hydrogen-bond acceptors (Lipinski definition) is 4. The standard InChI is InChI=1S/C20H24N4O3/c1-14-17(12-22(2)21-14)20(26)23-9-8-18-15(10-23)11-24(19(25)13-27-18)16-6-4-3-5-7-16/h3-7,12,15,18H,8-11,13H2,1-2H3/t15-,18+/m1/s1. The highest BCUT2D eigenvalue weighted by Gasteiger charge is 2.38. The Bertz CT molecular complexity index is 848. The van der Waals surface area contributed by atoms with Crippen LogP contribution in [0.25, 0.3) is 0 Å². The summed E-state index contributed by atoms with van der Waals surface area (Å²) in [6.45, 7) is 3.71. The fraction of sp³-hybridized carbons (Fsp3) is 0.450. The molecule has 0 aliphatic carbocycles. The molecule has 0 spiro atoms. The second-order valence-electron chi connectivity index (χ2n) is 7.29. The zero-order valence-corrected chi connectivity index (χ0v) is 15.7. The van der Waals surface area contributed by atoms with E-state index < -0.39 is 0 Å². The van der Waals surface area contributed by atoms with Crippen LogP contribution >= 0.6 is 0 Å². The van der Waals surface area contributed by atoms with Gasteiger partial charge in [0.2, 0.25) is 0 Å². The predicted molar refractivity (Wildman–Crippen MR) is 100 cm³/mol. The minimum absolute atomic E-state index is 0.000819. The second-order valence-corrected chi connectivity index (χ2v) is 7.29. The van der Waals surface area contributed by atoms with E-state index in [0.29, 0.717) is 25.2 Å². The Hall–Kier alpha value is -2.67. The average molecular weight is 368 g/mol. The molecule has 4 rings (SSSR count). The number of amides is 2. The molecule has 1 aromatic heterocycles. The summed E-state index contributed by atoms with van der Waals surface area (Å²) in [7, 11) is 1.82. The number of rotatable bonds is 2. The van der Waals surface area contributed by atoms with Crippen LogP contribution in [0, 0.1) is 12.8 Å². The highest BCUT2D eigenvalue weighted by molar-refractivity contribution is 5.96. The van der Waals surface area contributed by atoms with Gasteiger partial charge in [-0.25, -0.2) is 0 Å². The number of carbonyl (C=O) groups is 2. The Morgan fingerprint density at radius 1 is 1.22 bits per heavy atom. The first kappa shape index (κ1) is 17.7. The van der Waals surface area contributed by atoms with Gasteiger partial charge < -0.3 is 14.5 Å². The van der Waals surface area contributed by atoms with Crippen molar-refractivity contribution in [3.05, 3.63) is 47.8 Å². The first-order valence-corrected chi connectivity index (χ1v) is 9.29. The lowest BCUT2D eigenvalue weighted by Crippen LogP contribution is -2.49. The van der Waals surface area contributed by atoms with Crippen molar-refractivity contribution in [3.8, 4) is 0 Å². The van der Waals surface area contributed by atoms with Gasteiger partial charge in [-0.15, -0.1) is 0 Å². The lowest BCUT2D eigenvalue weighted by atomic mass is 9.93. The summed E-state index contributed by atoms with van der Waals surface area (Å²) in [6, 6.07) is 9.65. The zero-order valence-electron chi connectivity index (χ0n) is 15.7. The fourth-order valence-corrected chi connectivity index (χ4v) is 4.02. The fourth-order valence-electron chi connectivity index (χ4n) is 4.02. The molecule has 0 radical (unpaired) electrons. The lowest BCUT2D eigenvalue weighted by molar-refractivity contribution is -0.124. The largest absolute Gasteiger partial charge is 0.368 e. The van der Waals surface area contributed by atoms with E-state index in [4.69, 9.17) is 4.74 Å². The highest BCUT2D eigenvalue weighted by atomic mass is 16.5. The van der Waals surface area contributed by atoms with Crippen LogP contribution < -0.4 is 4.90 Å².